The first-order valence-corrected chi connectivity index (χ1v) is 20.4. The van der Waals surface area contributed by atoms with Gasteiger partial charge in [0.05, 0.1) is 23.9 Å². The second-order valence-corrected chi connectivity index (χ2v) is 16.8. The number of benzene rings is 2. The molecule has 8 rings (SSSR count). The SMILES string of the molecule is CCOC(=O)N[C@H]1CCCCCC=C[C@@H]2C[C@@]2(C(=O)NS(=O)(=O)C2CC2)NC(=O)[C@@H]2C[C@@H](Oc3c4cc(F)ccc4nc4c3oc3ccccc34)CN2C1=O. The standard InChI is InChI=1S/C39H42FN5O9S/c1-2-52-38(49)42-29-12-7-5-3-4-6-10-22-20-39(22,37(48)44-55(50,51)25-15-16-25)43-35(46)30-19-24(21-45(30)36(29)47)53-33-27-18-23(40)14-17-28(27)41-32-26-11-8-9-13-31(26)54-34(32)33/h6,8-11,13-14,17-18,22,24-25,29-30H,2-5,7,12,15-16,19-21H2,1H3,(H,42,49)(H,43,46)(H,44,48)/t22-,24-,29+,30+,39-/m1/s1. The second kappa shape index (κ2) is 14.4. The Morgan fingerprint density at radius 3 is 2.71 bits per heavy atom. The molecule has 16 heteroatoms. The quantitative estimate of drug-likeness (QED) is 0.222. The van der Waals surface area contributed by atoms with Crippen LogP contribution < -0.4 is 20.1 Å². The lowest BCUT2D eigenvalue weighted by Crippen LogP contribution is -2.58. The number of hydrogen-bond donors (Lipinski definition) is 3. The Labute approximate surface area is 316 Å². The van der Waals surface area contributed by atoms with Crippen molar-refractivity contribution in [3.63, 3.8) is 0 Å². The van der Waals surface area contributed by atoms with E-state index in [9.17, 15) is 32.0 Å². The number of aromatic nitrogens is 1. The molecule has 3 N–H and O–H groups in total. The van der Waals surface area contributed by atoms with Gasteiger partial charge < -0.3 is 29.4 Å². The Kier molecular flexibility index (Phi) is 9.64. The number of carbonyl (C=O) groups is 4. The van der Waals surface area contributed by atoms with E-state index in [4.69, 9.17) is 18.9 Å². The summed E-state index contributed by atoms with van der Waals surface area (Å²) in [5.41, 5.74) is 0.185. The molecule has 2 aromatic heterocycles. The molecule has 4 heterocycles. The number of hydrogen-bond acceptors (Lipinski definition) is 10. The molecule has 0 unspecified atom stereocenters. The fraction of sp³-hybridized carbons (Fsp3) is 0.462. The number of allylic oxidation sites excluding steroid dienone is 1. The summed E-state index contributed by atoms with van der Waals surface area (Å²) in [6.07, 6.45) is 6.21. The molecule has 2 aliphatic carbocycles. The first-order chi connectivity index (χ1) is 26.5. The number of halogens is 1. The van der Waals surface area contributed by atoms with Crippen LogP contribution in [0.3, 0.4) is 0 Å². The maximum Gasteiger partial charge on any atom is 0.407 e. The third-order valence-corrected chi connectivity index (χ3v) is 12.7. The van der Waals surface area contributed by atoms with Crippen molar-refractivity contribution >= 4 is 66.8 Å². The van der Waals surface area contributed by atoms with Crippen LogP contribution in [-0.2, 0) is 29.1 Å². The van der Waals surface area contributed by atoms with E-state index in [1.54, 1.807) is 13.0 Å². The number of carbonyl (C=O) groups excluding carboxylic acids is 4. The van der Waals surface area contributed by atoms with Gasteiger partial charge in [0, 0.05) is 23.1 Å². The maximum atomic E-state index is 14.8. The summed E-state index contributed by atoms with van der Waals surface area (Å²) in [5.74, 6) is -2.86. The molecule has 2 saturated carbocycles. The highest BCUT2D eigenvalue weighted by Gasteiger charge is 2.62. The van der Waals surface area contributed by atoms with Gasteiger partial charge in [-0.3, -0.25) is 19.1 Å². The van der Waals surface area contributed by atoms with Gasteiger partial charge >= 0.3 is 6.09 Å². The zero-order valence-corrected chi connectivity index (χ0v) is 31.0. The van der Waals surface area contributed by atoms with Crippen molar-refractivity contribution in [1.29, 1.82) is 0 Å². The smallest absolute Gasteiger partial charge is 0.407 e. The van der Waals surface area contributed by atoms with E-state index in [1.165, 1.54) is 23.1 Å². The molecule has 2 aromatic carbocycles. The first kappa shape index (κ1) is 36.7. The van der Waals surface area contributed by atoms with Gasteiger partial charge in [0.1, 0.15) is 40.6 Å². The van der Waals surface area contributed by atoms with Crippen LogP contribution in [0.25, 0.3) is 33.0 Å². The number of sulfonamides is 1. The first-order valence-electron chi connectivity index (χ1n) is 18.8. The predicted octanol–water partition coefficient (Wildman–Crippen LogP) is 4.74. The van der Waals surface area contributed by atoms with Crippen molar-refractivity contribution in [1.82, 2.24) is 25.2 Å². The lowest BCUT2D eigenvalue weighted by molar-refractivity contribution is -0.141. The molecule has 4 amide bonds. The van der Waals surface area contributed by atoms with Crippen LogP contribution in [0.4, 0.5) is 9.18 Å². The van der Waals surface area contributed by atoms with Gasteiger partial charge in [0.2, 0.25) is 21.8 Å². The summed E-state index contributed by atoms with van der Waals surface area (Å²) < 4.78 is 60.6. The number of nitrogens with zero attached hydrogens (tertiary/aromatic N) is 2. The number of amides is 4. The largest absolute Gasteiger partial charge is 0.484 e. The third-order valence-electron chi connectivity index (χ3n) is 10.9. The summed E-state index contributed by atoms with van der Waals surface area (Å²) >= 11 is 0. The topological polar surface area (TPSA) is 186 Å². The van der Waals surface area contributed by atoms with Gasteiger partial charge in [0.15, 0.2) is 11.3 Å². The number of ether oxygens (including phenoxy) is 2. The number of furan rings is 1. The van der Waals surface area contributed by atoms with Crippen LogP contribution in [0.15, 0.2) is 59.0 Å². The Morgan fingerprint density at radius 1 is 1.09 bits per heavy atom. The lowest BCUT2D eigenvalue weighted by Gasteiger charge is -2.29. The van der Waals surface area contributed by atoms with Crippen molar-refractivity contribution in [2.45, 2.75) is 93.7 Å². The molecule has 3 fully saturated rings. The molecule has 290 valence electrons. The number of nitrogens with one attached hydrogen (secondary N) is 3. The minimum Gasteiger partial charge on any atom is -0.484 e. The lowest BCUT2D eigenvalue weighted by atomic mass is 10.1. The zero-order chi connectivity index (χ0) is 38.5. The van der Waals surface area contributed by atoms with Crippen LogP contribution in [0, 0.1) is 11.7 Å². The van der Waals surface area contributed by atoms with E-state index >= 15 is 0 Å². The zero-order valence-electron chi connectivity index (χ0n) is 30.2. The predicted molar refractivity (Wildman–Crippen MR) is 199 cm³/mol. The summed E-state index contributed by atoms with van der Waals surface area (Å²) in [6, 6.07) is 9.16. The molecule has 2 aliphatic heterocycles. The normalized spacial score (nSPS) is 26.1. The third kappa shape index (κ3) is 7.19. The summed E-state index contributed by atoms with van der Waals surface area (Å²) in [5, 5.41) is 5.91. The van der Waals surface area contributed by atoms with E-state index in [-0.39, 0.29) is 43.7 Å². The van der Waals surface area contributed by atoms with Gasteiger partial charge in [-0.15, -0.1) is 0 Å². The van der Waals surface area contributed by atoms with Crippen LogP contribution in [-0.4, -0.2) is 84.2 Å². The van der Waals surface area contributed by atoms with Crippen LogP contribution in [0.2, 0.25) is 0 Å². The Balaban J connectivity index is 1.16. The molecule has 5 atom stereocenters. The minimum absolute atomic E-state index is 0.0524. The molecule has 55 heavy (non-hydrogen) atoms. The maximum absolute atomic E-state index is 14.8. The van der Waals surface area contributed by atoms with Crippen molar-refractivity contribution in [3.8, 4) is 5.75 Å². The highest BCUT2D eigenvalue weighted by molar-refractivity contribution is 7.91. The van der Waals surface area contributed by atoms with E-state index in [0.717, 1.165) is 18.2 Å². The van der Waals surface area contributed by atoms with E-state index in [1.807, 2.05) is 30.4 Å². The van der Waals surface area contributed by atoms with Crippen LogP contribution in [0.5, 0.6) is 5.75 Å². The Morgan fingerprint density at radius 2 is 1.91 bits per heavy atom. The van der Waals surface area contributed by atoms with E-state index in [0.29, 0.717) is 47.7 Å². The molecule has 0 bridgehead atoms. The summed E-state index contributed by atoms with van der Waals surface area (Å²) in [7, 11) is -3.92. The number of rotatable bonds is 7. The fourth-order valence-corrected chi connectivity index (χ4v) is 9.14. The van der Waals surface area contributed by atoms with E-state index in [2.05, 4.69) is 15.4 Å². The van der Waals surface area contributed by atoms with E-state index < -0.39 is 74.5 Å². The highest BCUT2D eigenvalue weighted by Crippen LogP contribution is 2.46. The minimum atomic E-state index is -3.92. The van der Waals surface area contributed by atoms with Crippen molar-refractivity contribution in [2.24, 2.45) is 5.92 Å². The molecule has 0 radical (unpaired) electrons. The second-order valence-electron chi connectivity index (χ2n) is 14.8. The molecular formula is C39H42FN5O9S. The average Bonchev–Trinajstić information content (AvgIpc) is 4.05. The molecule has 1 saturated heterocycles. The number of alkyl carbamates (subject to hydrolysis) is 1. The molecule has 4 aromatic rings. The van der Waals surface area contributed by atoms with Gasteiger partial charge in [-0.2, -0.15) is 0 Å². The number of para-hydroxylation sites is 1. The van der Waals surface area contributed by atoms with Gasteiger partial charge in [-0.25, -0.2) is 22.6 Å². The number of fused-ring (bicyclic) bond motifs is 6. The fourth-order valence-electron chi connectivity index (χ4n) is 7.77. The Bertz CT molecular complexity index is 2340. The Hall–Kier alpha value is -5.25. The van der Waals surface area contributed by atoms with Gasteiger partial charge in [0.25, 0.3) is 5.91 Å². The van der Waals surface area contributed by atoms with Gasteiger partial charge in [-0.05, 0) is 75.8 Å². The highest BCUT2D eigenvalue weighted by atomic mass is 32.2. The van der Waals surface area contributed by atoms with Crippen molar-refractivity contribution in [3.05, 3.63) is 60.4 Å². The summed E-state index contributed by atoms with van der Waals surface area (Å²) in [4.78, 5) is 61.4. The molecule has 14 nitrogen and oxygen atoms in total. The molecule has 0 spiro atoms. The van der Waals surface area contributed by atoms with Crippen molar-refractivity contribution in [2.75, 3.05) is 13.2 Å². The van der Waals surface area contributed by atoms with Gasteiger partial charge in [-0.1, -0.05) is 37.1 Å². The average molecular weight is 776 g/mol. The number of pyridine rings is 1. The molecular weight excluding hydrogens is 734 g/mol. The monoisotopic (exact) mass is 775 g/mol. The van der Waals surface area contributed by atoms with Crippen molar-refractivity contribution < 1.29 is 45.9 Å². The summed E-state index contributed by atoms with van der Waals surface area (Å²) in [6.45, 7) is 1.62. The molecule has 4 aliphatic rings. The van der Waals surface area contributed by atoms with Crippen LogP contribution in [0.1, 0.15) is 64.7 Å². The van der Waals surface area contributed by atoms with Crippen LogP contribution >= 0.6 is 0 Å².